The minimum absolute atomic E-state index is 0.262. The van der Waals surface area contributed by atoms with Crippen LogP contribution in [0.25, 0.3) is 6.08 Å². The van der Waals surface area contributed by atoms with Gasteiger partial charge in [0.25, 0.3) is 5.91 Å². The number of amides is 1. The van der Waals surface area contributed by atoms with E-state index in [0.717, 1.165) is 24.0 Å². The number of hydrogen-bond donors (Lipinski definition) is 1. The molecule has 1 amide bonds. The van der Waals surface area contributed by atoms with Crippen LogP contribution in [0, 0.1) is 6.92 Å². The van der Waals surface area contributed by atoms with Gasteiger partial charge in [-0.25, -0.2) is 4.79 Å². The van der Waals surface area contributed by atoms with Crippen LogP contribution < -0.4 is 5.32 Å². The SMILES string of the molecule is CCCCNC(=O)COC(=O)/C=C/c1ccc(C)c(Cl)c1. The normalized spacial score (nSPS) is 10.6. The van der Waals surface area contributed by atoms with E-state index in [0.29, 0.717) is 11.6 Å². The second-order valence-electron chi connectivity index (χ2n) is 4.65. The molecule has 21 heavy (non-hydrogen) atoms. The Hall–Kier alpha value is -1.81. The summed E-state index contributed by atoms with van der Waals surface area (Å²) in [5, 5.41) is 3.31. The Morgan fingerprint density at radius 2 is 2.14 bits per heavy atom. The van der Waals surface area contributed by atoms with E-state index >= 15 is 0 Å². The van der Waals surface area contributed by atoms with Gasteiger partial charge in [0.05, 0.1) is 0 Å². The lowest BCUT2D eigenvalue weighted by Crippen LogP contribution is -2.29. The van der Waals surface area contributed by atoms with Crippen LogP contribution in [0.3, 0.4) is 0 Å². The number of halogens is 1. The Morgan fingerprint density at radius 3 is 2.81 bits per heavy atom. The summed E-state index contributed by atoms with van der Waals surface area (Å²) < 4.78 is 4.84. The van der Waals surface area contributed by atoms with Crippen LogP contribution in [-0.2, 0) is 14.3 Å². The molecule has 5 heteroatoms. The third kappa shape index (κ3) is 6.95. The first-order valence-corrected chi connectivity index (χ1v) is 7.28. The first kappa shape index (κ1) is 17.2. The Morgan fingerprint density at radius 1 is 1.38 bits per heavy atom. The average molecular weight is 310 g/mol. The molecule has 0 radical (unpaired) electrons. The summed E-state index contributed by atoms with van der Waals surface area (Å²) in [5.74, 6) is -0.846. The van der Waals surface area contributed by atoms with E-state index in [-0.39, 0.29) is 12.5 Å². The fourth-order valence-electron chi connectivity index (χ4n) is 1.52. The molecular formula is C16H20ClNO3. The zero-order valence-electron chi connectivity index (χ0n) is 12.3. The number of carbonyl (C=O) groups is 2. The van der Waals surface area contributed by atoms with E-state index in [4.69, 9.17) is 16.3 Å². The van der Waals surface area contributed by atoms with Crippen molar-refractivity contribution in [1.29, 1.82) is 0 Å². The molecule has 0 bridgehead atoms. The fraction of sp³-hybridized carbons (Fsp3) is 0.375. The molecule has 0 saturated heterocycles. The lowest BCUT2D eigenvalue weighted by molar-refractivity contribution is -0.143. The van der Waals surface area contributed by atoms with Crippen molar-refractivity contribution >= 4 is 29.6 Å². The van der Waals surface area contributed by atoms with E-state index in [2.05, 4.69) is 5.32 Å². The minimum Gasteiger partial charge on any atom is -0.452 e. The largest absolute Gasteiger partial charge is 0.452 e. The molecule has 114 valence electrons. The summed E-state index contributed by atoms with van der Waals surface area (Å²) in [7, 11) is 0. The van der Waals surface area contributed by atoms with Crippen molar-refractivity contribution in [2.45, 2.75) is 26.7 Å². The first-order chi connectivity index (χ1) is 10.0. The zero-order chi connectivity index (χ0) is 15.7. The summed E-state index contributed by atoms with van der Waals surface area (Å²) in [6, 6.07) is 5.48. The maximum absolute atomic E-state index is 11.5. The van der Waals surface area contributed by atoms with Crippen LogP contribution in [-0.4, -0.2) is 25.0 Å². The second-order valence-corrected chi connectivity index (χ2v) is 5.06. The average Bonchev–Trinajstić information content (AvgIpc) is 2.46. The van der Waals surface area contributed by atoms with Gasteiger partial charge in [0.2, 0.25) is 0 Å². The Labute approximate surface area is 130 Å². The highest BCUT2D eigenvalue weighted by atomic mass is 35.5. The number of ether oxygens (including phenoxy) is 1. The summed E-state index contributed by atoms with van der Waals surface area (Å²) in [6.07, 6.45) is 4.79. The number of unbranched alkanes of at least 4 members (excludes halogenated alkanes) is 1. The highest BCUT2D eigenvalue weighted by molar-refractivity contribution is 6.31. The van der Waals surface area contributed by atoms with E-state index in [1.165, 1.54) is 6.08 Å². The predicted octanol–water partition coefficient (Wildman–Crippen LogP) is 3.12. The van der Waals surface area contributed by atoms with Gasteiger partial charge >= 0.3 is 5.97 Å². The van der Waals surface area contributed by atoms with Crippen LogP contribution in [0.2, 0.25) is 5.02 Å². The third-order valence-corrected chi connectivity index (χ3v) is 3.21. The van der Waals surface area contributed by atoms with Crippen molar-refractivity contribution in [1.82, 2.24) is 5.32 Å². The molecule has 0 aliphatic carbocycles. The Bertz CT molecular complexity index is 526. The van der Waals surface area contributed by atoms with Crippen LogP contribution >= 0.6 is 11.6 Å². The number of nitrogens with one attached hydrogen (secondary N) is 1. The highest BCUT2D eigenvalue weighted by Crippen LogP contribution is 2.17. The molecule has 1 aromatic carbocycles. The molecule has 1 aromatic rings. The molecule has 0 atom stereocenters. The number of esters is 1. The summed E-state index contributed by atoms with van der Waals surface area (Å²) in [4.78, 5) is 22.8. The smallest absolute Gasteiger partial charge is 0.331 e. The Balaban J connectivity index is 2.37. The van der Waals surface area contributed by atoms with E-state index < -0.39 is 5.97 Å². The molecule has 1 N–H and O–H groups in total. The van der Waals surface area contributed by atoms with Gasteiger partial charge in [0, 0.05) is 17.6 Å². The number of hydrogen-bond acceptors (Lipinski definition) is 3. The highest BCUT2D eigenvalue weighted by Gasteiger charge is 2.04. The van der Waals surface area contributed by atoms with Gasteiger partial charge in [-0.05, 0) is 36.6 Å². The van der Waals surface area contributed by atoms with Gasteiger partial charge in [-0.3, -0.25) is 4.79 Å². The molecule has 0 saturated carbocycles. The van der Waals surface area contributed by atoms with Gasteiger partial charge in [-0.15, -0.1) is 0 Å². The van der Waals surface area contributed by atoms with Gasteiger partial charge in [0.15, 0.2) is 6.61 Å². The standard InChI is InChI=1S/C16H20ClNO3/c1-3-4-9-18-15(19)11-21-16(20)8-7-13-6-5-12(2)14(17)10-13/h5-8,10H,3-4,9,11H2,1-2H3,(H,18,19)/b8-7+. The second kappa shape index (κ2) is 9.19. The van der Waals surface area contributed by atoms with Crippen LogP contribution in [0.4, 0.5) is 0 Å². The van der Waals surface area contributed by atoms with Crippen LogP contribution in [0.15, 0.2) is 24.3 Å². The first-order valence-electron chi connectivity index (χ1n) is 6.90. The number of benzene rings is 1. The molecule has 0 aliphatic heterocycles. The molecule has 0 unspecified atom stereocenters. The molecular weight excluding hydrogens is 290 g/mol. The molecule has 4 nitrogen and oxygen atoms in total. The molecule has 0 aliphatic rings. The summed E-state index contributed by atoms with van der Waals surface area (Å²) in [6.45, 7) is 4.28. The van der Waals surface area contributed by atoms with E-state index in [1.54, 1.807) is 12.1 Å². The van der Waals surface area contributed by atoms with Gasteiger partial charge in [-0.2, -0.15) is 0 Å². The van der Waals surface area contributed by atoms with Crippen LogP contribution in [0.5, 0.6) is 0 Å². The summed E-state index contributed by atoms with van der Waals surface area (Å²) >= 11 is 5.99. The molecule has 0 spiro atoms. The molecule has 1 rings (SSSR count). The van der Waals surface area contributed by atoms with Gasteiger partial charge in [-0.1, -0.05) is 37.1 Å². The van der Waals surface area contributed by atoms with Crippen molar-refractivity contribution in [3.8, 4) is 0 Å². The monoisotopic (exact) mass is 309 g/mol. The van der Waals surface area contributed by atoms with Crippen molar-refractivity contribution in [2.75, 3.05) is 13.2 Å². The van der Waals surface area contributed by atoms with E-state index in [9.17, 15) is 9.59 Å². The number of aryl methyl sites for hydroxylation is 1. The Kier molecular flexibility index (Phi) is 7.54. The lowest BCUT2D eigenvalue weighted by atomic mass is 10.1. The molecule has 0 aromatic heterocycles. The fourth-order valence-corrected chi connectivity index (χ4v) is 1.71. The van der Waals surface area contributed by atoms with Gasteiger partial charge < -0.3 is 10.1 Å². The number of rotatable bonds is 7. The quantitative estimate of drug-likeness (QED) is 0.478. The molecule has 0 fully saturated rings. The van der Waals surface area contributed by atoms with Gasteiger partial charge in [0.1, 0.15) is 0 Å². The predicted molar refractivity (Wildman–Crippen MR) is 84.1 cm³/mol. The van der Waals surface area contributed by atoms with Crippen molar-refractivity contribution in [3.05, 3.63) is 40.4 Å². The van der Waals surface area contributed by atoms with Crippen LogP contribution in [0.1, 0.15) is 30.9 Å². The third-order valence-electron chi connectivity index (χ3n) is 2.81. The van der Waals surface area contributed by atoms with Crippen molar-refractivity contribution in [2.24, 2.45) is 0 Å². The minimum atomic E-state index is -0.558. The summed E-state index contributed by atoms with van der Waals surface area (Å²) in [5.41, 5.74) is 1.77. The maximum Gasteiger partial charge on any atom is 0.331 e. The van der Waals surface area contributed by atoms with E-state index in [1.807, 2.05) is 26.0 Å². The van der Waals surface area contributed by atoms with Crippen molar-refractivity contribution < 1.29 is 14.3 Å². The van der Waals surface area contributed by atoms with Crippen molar-refractivity contribution in [3.63, 3.8) is 0 Å². The lowest BCUT2D eigenvalue weighted by Gasteiger charge is -2.04. The maximum atomic E-state index is 11.5. The topological polar surface area (TPSA) is 55.4 Å². The zero-order valence-corrected chi connectivity index (χ0v) is 13.1. The number of carbonyl (C=O) groups excluding carboxylic acids is 2. The molecule has 0 heterocycles.